The summed E-state index contributed by atoms with van der Waals surface area (Å²) in [6.07, 6.45) is 1.22. The van der Waals surface area contributed by atoms with E-state index >= 15 is 0 Å². The zero-order chi connectivity index (χ0) is 15.4. The summed E-state index contributed by atoms with van der Waals surface area (Å²) in [5.74, 6) is -0.897. The molecule has 0 saturated heterocycles. The molecule has 0 atom stereocenters. The van der Waals surface area contributed by atoms with Crippen LogP contribution in [-0.4, -0.2) is 21.0 Å². The van der Waals surface area contributed by atoms with Crippen molar-refractivity contribution in [1.29, 1.82) is 0 Å². The van der Waals surface area contributed by atoms with Gasteiger partial charge in [-0.3, -0.25) is 10.1 Å². The first kappa shape index (κ1) is 14.7. The maximum absolute atomic E-state index is 11.0. The Kier molecular flexibility index (Phi) is 4.34. The van der Waals surface area contributed by atoms with Crippen LogP contribution >= 0.6 is 11.6 Å². The van der Waals surface area contributed by atoms with E-state index in [1.807, 2.05) is 0 Å². The van der Waals surface area contributed by atoms with Crippen molar-refractivity contribution >= 4 is 29.1 Å². The number of aromatic carboxylic acids is 1. The van der Waals surface area contributed by atoms with Crippen molar-refractivity contribution < 1.29 is 14.8 Å². The normalized spacial score (nSPS) is 10.1. The molecular weight excluding hydrogens is 298 g/mol. The molecule has 1 heterocycles. The summed E-state index contributed by atoms with van der Waals surface area (Å²) in [5.41, 5.74) is 0.366. The Morgan fingerprint density at radius 2 is 2.14 bits per heavy atom. The molecule has 0 spiro atoms. The van der Waals surface area contributed by atoms with Gasteiger partial charge in [0.1, 0.15) is 5.82 Å². The molecule has 0 aliphatic rings. The largest absolute Gasteiger partial charge is 0.478 e. The summed E-state index contributed by atoms with van der Waals surface area (Å²) in [7, 11) is 0. The van der Waals surface area contributed by atoms with Crippen LogP contribution < -0.4 is 5.32 Å². The van der Waals surface area contributed by atoms with Crippen molar-refractivity contribution in [3.05, 3.63) is 62.8 Å². The van der Waals surface area contributed by atoms with E-state index in [9.17, 15) is 14.9 Å². The number of nitrogens with one attached hydrogen (secondary N) is 1. The number of nitrogens with zero attached hydrogens (tertiary/aromatic N) is 2. The minimum atomic E-state index is -1.17. The van der Waals surface area contributed by atoms with E-state index in [0.29, 0.717) is 5.56 Å². The minimum absolute atomic E-state index is 0.0163. The van der Waals surface area contributed by atoms with Gasteiger partial charge in [0.2, 0.25) is 0 Å². The number of pyridine rings is 1. The Hall–Kier alpha value is -2.67. The van der Waals surface area contributed by atoms with E-state index in [1.165, 1.54) is 18.3 Å². The number of carbonyl (C=O) groups is 1. The molecule has 0 saturated carbocycles. The van der Waals surface area contributed by atoms with E-state index < -0.39 is 10.9 Å². The average molecular weight is 308 g/mol. The predicted molar refractivity (Wildman–Crippen MR) is 76.6 cm³/mol. The van der Waals surface area contributed by atoms with Crippen LogP contribution in [0.15, 0.2) is 36.5 Å². The molecule has 0 aliphatic carbocycles. The van der Waals surface area contributed by atoms with Gasteiger partial charge < -0.3 is 10.4 Å². The van der Waals surface area contributed by atoms with Crippen LogP contribution in [0.25, 0.3) is 0 Å². The Morgan fingerprint density at radius 3 is 2.81 bits per heavy atom. The van der Waals surface area contributed by atoms with Crippen molar-refractivity contribution in [2.45, 2.75) is 6.54 Å². The fourth-order valence-electron chi connectivity index (χ4n) is 1.72. The van der Waals surface area contributed by atoms with Gasteiger partial charge in [0.25, 0.3) is 5.69 Å². The van der Waals surface area contributed by atoms with Crippen LogP contribution in [0.3, 0.4) is 0 Å². The SMILES string of the molecule is O=C(O)c1cc(NCc2ccccc2[N+](=O)[O-])ncc1Cl. The van der Waals surface area contributed by atoms with E-state index in [4.69, 9.17) is 16.7 Å². The lowest BCUT2D eigenvalue weighted by molar-refractivity contribution is -0.385. The number of carboxylic acid groups (broad SMARTS) is 1. The molecular formula is C13H10ClN3O4. The maximum atomic E-state index is 11.0. The second-order valence-electron chi connectivity index (χ2n) is 4.09. The number of nitro groups is 1. The molecule has 2 rings (SSSR count). The smallest absolute Gasteiger partial charge is 0.337 e. The zero-order valence-electron chi connectivity index (χ0n) is 10.6. The lowest BCUT2D eigenvalue weighted by Crippen LogP contribution is -2.06. The number of rotatable bonds is 5. The highest BCUT2D eigenvalue weighted by atomic mass is 35.5. The van der Waals surface area contributed by atoms with Crippen LogP contribution in [0.2, 0.25) is 5.02 Å². The molecule has 0 fully saturated rings. The summed E-state index contributed by atoms with van der Waals surface area (Å²) in [5, 5.41) is 22.7. The van der Waals surface area contributed by atoms with Crippen LogP contribution in [0.1, 0.15) is 15.9 Å². The number of hydrogen-bond acceptors (Lipinski definition) is 5. The summed E-state index contributed by atoms with van der Waals surface area (Å²) in [6.45, 7) is 0.144. The molecule has 21 heavy (non-hydrogen) atoms. The highest BCUT2D eigenvalue weighted by Gasteiger charge is 2.13. The van der Waals surface area contributed by atoms with Gasteiger partial charge in [-0.2, -0.15) is 0 Å². The number of halogens is 1. The monoisotopic (exact) mass is 307 g/mol. The van der Waals surface area contributed by atoms with Crippen LogP contribution in [0.4, 0.5) is 11.5 Å². The molecule has 0 bridgehead atoms. The lowest BCUT2D eigenvalue weighted by atomic mass is 10.2. The van der Waals surface area contributed by atoms with Crippen molar-refractivity contribution in [1.82, 2.24) is 4.98 Å². The number of para-hydroxylation sites is 1. The summed E-state index contributed by atoms with van der Waals surface area (Å²) >= 11 is 5.71. The fourth-order valence-corrected chi connectivity index (χ4v) is 1.91. The van der Waals surface area contributed by atoms with E-state index in [0.717, 1.165) is 0 Å². The molecule has 1 aromatic heterocycles. The predicted octanol–water partition coefficient (Wildman–Crippen LogP) is 2.95. The number of aromatic nitrogens is 1. The van der Waals surface area contributed by atoms with Crippen LogP contribution in [0, 0.1) is 10.1 Å². The summed E-state index contributed by atoms with van der Waals surface area (Å²) in [6, 6.07) is 7.54. The third-order valence-corrected chi connectivity index (χ3v) is 3.04. The van der Waals surface area contributed by atoms with E-state index in [-0.39, 0.29) is 28.6 Å². The molecule has 2 aromatic rings. The lowest BCUT2D eigenvalue weighted by Gasteiger charge is -2.07. The van der Waals surface area contributed by atoms with Gasteiger partial charge in [-0.25, -0.2) is 9.78 Å². The third kappa shape index (κ3) is 3.46. The number of hydrogen-bond donors (Lipinski definition) is 2. The van der Waals surface area contributed by atoms with E-state index in [1.54, 1.807) is 18.2 Å². The quantitative estimate of drug-likeness (QED) is 0.650. The molecule has 7 nitrogen and oxygen atoms in total. The molecule has 0 unspecified atom stereocenters. The maximum Gasteiger partial charge on any atom is 0.337 e. The van der Waals surface area contributed by atoms with Crippen molar-refractivity contribution in [2.75, 3.05) is 5.32 Å². The molecule has 0 aliphatic heterocycles. The van der Waals surface area contributed by atoms with Gasteiger partial charge in [0.15, 0.2) is 0 Å². The molecule has 0 radical (unpaired) electrons. The second kappa shape index (κ2) is 6.19. The molecule has 1 aromatic carbocycles. The fraction of sp³-hybridized carbons (Fsp3) is 0.0769. The standard InChI is InChI=1S/C13H10ClN3O4/c14-10-7-16-12(5-9(10)13(18)19)15-6-8-3-1-2-4-11(8)17(20)21/h1-5,7H,6H2,(H,15,16)(H,18,19). The first-order chi connectivity index (χ1) is 9.99. The first-order valence-electron chi connectivity index (χ1n) is 5.84. The second-order valence-corrected chi connectivity index (χ2v) is 4.50. The number of anilines is 1. The molecule has 108 valence electrons. The average Bonchev–Trinajstić information content (AvgIpc) is 2.46. The van der Waals surface area contributed by atoms with Crippen LogP contribution in [-0.2, 0) is 6.54 Å². The Morgan fingerprint density at radius 1 is 1.43 bits per heavy atom. The van der Waals surface area contributed by atoms with Gasteiger partial charge >= 0.3 is 5.97 Å². The highest BCUT2D eigenvalue weighted by Crippen LogP contribution is 2.21. The highest BCUT2D eigenvalue weighted by molar-refractivity contribution is 6.33. The summed E-state index contributed by atoms with van der Waals surface area (Å²) in [4.78, 5) is 25.3. The number of nitro benzene ring substituents is 1. The van der Waals surface area contributed by atoms with Crippen LogP contribution in [0.5, 0.6) is 0 Å². The first-order valence-corrected chi connectivity index (χ1v) is 6.22. The van der Waals surface area contributed by atoms with Gasteiger partial charge in [-0.05, 0) is 6.07 Å². The Bertz CT molecular complexity index is 706. The Labute approximate surface area is 124 Å². The molecule has 2 N–H and O–H groups in total. The van der Waals surface area contributed by atoms with Crippen molar-refractivity contribution in [2.24, 2.45) is 0 Å². The number of carboxylic acids is 1. The molecule has 8 heteroatoms. The third-order valence-electron chi connectivity index (χ3n) is 2.73. The minimum Gasteiger partial charge on any atom is -0.478 e. The van der Waals surface area contributed by atoms with Gasteiger partial charge in [-0.15, -0.1) is 0 Å². The zero-order valence-corrected chi connectivity index (χ0v) is 11.4. The van der Waals surface area contributed by atoms with Gasteiger partial charge in [-0.1, -0.05) is 29.8 Å². The number of benzene rings is 1. The van der Waals surface area contributed by atoms with Gasteiger partial charge in [0.05, 0.1) is 15.5 Å². The van der Waals surface area contributed by atoms with E-state index in [2.05, 4.69) is 10.3 Å². The van der Waals surface area contributed by atoms with Crippen molar-refractivity contribution in [3.63, 3.8) is 0 Å². The topological polar surface area (TPSA) is 105 Å². The molecule has 0 amide bonds. The van der Waals surface area contributed by atoms with Gasteiger partial charge in [0, 0.05) is 24.4 Å². The Balaban J connectivity index is 2.19. The van der Waals surface area contributed by atoms with Crippen molar-refractivity contribution in [3.8, 4) is 0 Å². The summed E-state index contributed by atoms with van der Waals surface area (Å²) < 4.78 is 0.